The summed E-state index contributed by atoms with van der Waals surface area (Å²) in [6.07, 6.45) is 3.11. The summed E-state index contributed by atoms with van der Waals surface area (Å²) in [4.78, 5) is 13.3. The van der Waals surface area contributed by atoms with E-state index in [-0.39, 0.29) is 0 Å². The molecule has 0 saturated carbocycles. The van der Waals surface area contributed by atoms with E-state index in [1.807, 2.05) is 13.8 Å². The number of nitrogens with zero attached hydrogens (tertiary/aromatic N) is 5. The van der Waals surface area contributed by atoms with Gasteiger partial charge in [-0.25, -0.2) is 15.0 Å². The minimum Gasteiger partial charge on any atom is -0.286 e. The molecule has 1 N–H and O–H groups in total. The number of imidazole rings is 1. The molecule has 0 atom stereocenters. The van der Waals surface area contributed by atoms with E-state index in [4.69, 9.17) is 11.6 Å². The van der Waals surface area contributed by atoms with Gasteiger partial charge in [-0.15, -0.1) is 11.3 Å². The summed E-state index contributed by atoms with van der Waals surface area (Å²) < 4.78 is 2.07. The molecule has 0 aliphatic rings. The quantitative estimate of drug-likeness (QED) is 0.459. The van der Waals surface area contributed by atoms with Gasteiger partial charge >= 0.3 is 0 Å². The third-order valence-corrected chi connectivity index (χ3v) is 3.90. The van der Waals surface area contributed by atoms with Crippen LogP contribution in [0.3, 0.4) is 0 Å². The van der Waals surface area contributed by atoms with Crippen molar-refractivity contribution in [1.29, 1.82) is 0 Å². The van der Waals surface area contributed by atoms with E-state index in [1.54, 1.807) is 23.6 Å². The van der Waals surface area contributed by atoms with Crippen LogP contribution in [0.2, 0.25) is 5.15 Å². The average Bonchev–Trinajstić information content (AvgIpc) is 2.91. The van der Waals surface area contributed by atoms with Gasteiger partial charge in [0.05, 0.1) is 17.6 Å². The first-order chi connectivity index (χ1) is 9.65. The Morgan fingerprint density at radius 1 is 1.40 bits per heavy atom. The zero-order valence-electron chi connectivity index (χ0n) is 10.8. The fourth-order valence-electron chi connectivity index (χ4n) is 1.83. The number of hydrogen-bond acceptors (Lipinski definition) is 6. The first kappa shape index (κ1) is 13.0. The van der Waals surface area contributed by atoms with Gasteiger partial charge < -0.3 is 0 Å². The first-order valence-corrected chi connectivity index (χ1v) is 7.10. The number of aromatic nitrogens is 4. The highest BCUT2D eigenvalue weighted by Crippen LogP contribution is 2.19. The Labute approximate surface area is 124 Å². The third kappa shape index (κ3) is 2.37. The average molecular weight is 307 g/mol. The molecule has 0 saturated heterocycles. The summed E-state index contributed by atoms with van der Waals surface area (Å²) in [6.45, 7) is 4.00. The van der Waals surface area contributed by atoms with Gasteiger partial charge in [0.2, 0.25) is 0 Å². The number of nitrogens with one attached hydrogen (secondary N) is 1. The zero-order valence-corrected chi connectivity index (χ0v) is 12.4. The van der Waals surface area contributed by atoms with Crippen LogP contribution in [0.5, 0.6) is 0 Å². The Hall–Kier alpha value is -1.99. The lowest BCUT2D eigenvalue weighted by Gasteiger charge is -1.99. The zero-order chi connectivity index (χ0) is 14.1. The highest BCUT2D eigenvalue weighted by atomic mass is 35.5. The molecule has 0 fully saturated rings. The molecular weight excluding hydrogens is 296 g/mol. The second-order valence-corrected chi connectivity index (χ2v) is 5.40. The van der Waals surface area contributed by atoms with E-state index >= 15 is 0 Å². The van der Waals surface area contributed by atoms with Crippen LogP contribution in [0.4, 0.5) is 5.82 Å². The van der Waals surface area contributed by atoms with Crippen molar-refractivity contribution in [3.63, 3.8) is 0 Å². The SMILES string of the molecule is Cc1nc2scc(C)n2c1/C=N/Nc1cc(Cl)ncn1. The summed E-state index contributed by atoms with van der Waals surface area (Å²) in [5.41, 5.74) is 5.85. The van der Waals surface area contributed by atoms with E-state index in [2.05, 4.69) is 35.3 Å². The molecule has 0 aliphatic carbocycles. The predicted molar refractivity (Wildman–Crippen MR) is 80.8 cm³/mol. The van der Waals surface area contributed by atoms with Crippen LogP contribution in [0.15, 0.2) is 22.9 Å². The van der Waals surface area contributed by atoms with Gasteiger partial charge in [0.1, 0.15) is 11.5 Å². The summed E-state index contributed by atoms with van der Waals surface area (Å²) in [5.74, 6) is 0.543. The number of fused-ring (bicyclic) bond motifs is 1. The van der Waals surface area contributed by atoms with Gasteiger partial charge in [-0.05, 0) is 13.8 Å². The number of hydrogen-bond donors (Lipinski definition) is 1. The van der Waals surface area contributed by atoms with E-state index in [1.165, 1.54) is 6.33 Å². The van der Waals surface area contributed by atoms with Gasteiger partial charge in [0, 0.05) is 17.1 Å². The number of aryl methyl sites for hydroxylation is 2. The Morgan fingerprint density at radius 3 is 3.05 bits per heavy atom. The van der Waals surface area contributed by atoms with Crippen LogP contribution < -0.4 is 5.43 Å². The van der Waals surface area contributed by atoms with E-state index in [0.717, 1.165) is 22.0 Å². The summed E-state index contributed by atoms with van der Waals surface area (Å²) >= 11 is 7.39. The molecule has 0 radical (unpaired) electrons. The smallest absolute Gasteiger partial charge is 0.194 e. The summed E-state index contributed by atoms with van der Waals surface area (Å²) in [6, 6.07) is 1.60. The Morgan fingerprint density at radius 2 is 2.25 bits per heavy atom. The second kappa shape index (κ2) is 5.18. The highest BCUT2D eigenvalue weighted by Gasteiger charge is 2.09. The largest absolute Gasteiger partial charge is 0.286 e. The van der Waals surface area contributed by atoms with Crippen LogP contribution in [0.1, 0.15) is 17.1 Å². The third-order valence-electron chi connectivity index (χ3n) is 2.75. The highest BCUT2D eigenvalue weighted by molar-refractivity contribution is 7.15. The minimum absolute atomic E-state index is 0.370. The fourth-order valence-corrected chi connectivity index (χ4v) is 2.90. The van der Waals surface area contributed by atoms with Crippen molar-refractivity contribution < 1.29 is 0 Å². The Kier molecular flexibility index (Phi) is 3.37. The maximum atomic E-state index is 5.78. The van der Waals surface area contributed by atoms with Gasteiger partial charge in [-0.3, -0.25) is 9.83 Å². The standard InChI is InChI=1S/C12H11ClN6S/c1-7-5-20-12-17-8(2)9(19(7)12)4-16-18-11-3-10(13)14-6-15-11/h3-6H,1-2H3,(H,14,15,18)/b16-4+. The van der Waals surface area contributed by atoms with Crippen molar-refractivity contribution >= 4 is 39.9 Å². The minimum atomic E-state index is 0.370. The molecular formula is C12H11ClN6S. The maximum Gasteiger partial charge on any atom is 0.194 e. The van der Waals surface area contributed by atoms with Crippen LogP contribution in [-0.4, -0.2) is 25.6 Å². The molecule has 3 aromatic heterocycles. The van der Waals surface area contributed by atoms with Crippen LogP contribution >= 0.6 is 22.9 Å². The molecule has 102 valence electrons. The van der Waals surface area contributed by atoms with E-state index < -0.39 is 0 Å². The van der Waals surface area contributed by atoms with Gasteiger partial charge in [-0.1, -0.05) is 11.6 Å². The van der Waals surface area contributed by atoms with Gasteiger partial charge in [0.15, 0.2) is 10.8 Å². The summed E-state index contributed by atoms with van der Waals surface area (Å²) in [7, 11) is 0. The molecule has 3 heterocycles. The fraction of sp³-hybridized carbons (Fsp3) is 0.167. The number of halogens is 1. The number of rotatable bonds is 3. The van der Waals surface area contributed by atoms with Crippen molar-refractivity contribution in [3.05, 3.63) is 40.0 Å². The Balaban J connectivity index is 1.87. The van der Waals surface area contributed by atoms with Crippen molar-refractivity contribution in [2.75, 3.05) is 5.43 Å². The second-order valence-electron chi connectivity index (χ2n) is 4.17. The first-order valence-electron chi connectivity index (χ1n) is 5.85. The number of thiazole rings is 1. The molecule has 0 bridgehead atoms. The molecule has 3 aromatic rings. The van der Waals surface area contributed by atoms with Crippen LogP contribution in [0.25, 0.3) is 4.96 Å². The number of anilines is 1. The van der Waals surface area contributed by atoms with Crippen molar-refractivity contribution in [2.45, 2.75) is 13.8 Å². The molecule has 6 nitrogen and oxygen atoms in total. The monoisotopic (exact) mass is 306 g/mol. The summed E-state index contributed by atoms with van der Waals surface area (Å²) in [5, 5.41) is 6.61. The lowest BCUT2D eigenvalue weighted by Crippen LogP contribution is -1.98. The normalized spacial score (nSPS) is 11.6. The Bertz CT molecular complexity index is 790. The lowest BCUT2D eigenvalue weighted by atomic mass is 10.3. The maximum absolute atomic E-state index is 5.78. The predicted octanol–water partition coefficient (Wildman–Crippen LogP) is 2.90. The van der Waals surface area contributed by atoms with E-state index in [9.17, 15) is 0 Å². The van der Waals surface area contributed by atoms with Crippen LogP contribution in [0, 0.1) is 13.8 Å². The topological polar surface area (TPSA) is 67.5 Å². The van der Waals surface area contributed by atoms with Crippen molar-refractivity contribution in [3.8, 4) is 0 Å². The van der Waals surface area contributed by atoms with Gasteiger partial charge in [-0.2, -0.15) is 5.10 Å². The van der Waals surface area contributed by atoms with Crippen molar-refractivity contribution in [1.82, 2.24) is 19.4 Å². The molecule has 0 aliphatic heterocycles. The molecule has 0 amide bonds. The van der Waals surface area contributed by atoms with Crippen molar-refractivity contribution in [2.24, 2.45) is 5.10 Å². The van der Waals surface area contributed by atoms with Crippen LogP contribution in [-0.2, 0) is 0 Å². The molecule has 0 unspecified atom stereocenters. The molecule has 3 rings (SSSR count). The molecule has 0 spiro atoms. The molecule has 8 heteroatoms. The molecule has 20 heavy (non-hydrogen) atoms. The molecule has 0 aromatic carbocycles. The van der Waals surface area contributed by atoms with Gasteiger partial charge in [0.25, 0.3) is 0 Å². The van der Waals surface area contributed by atoms with E-state index in [0.29, 0.717) is 11.0 Å². The number of hydrazone groups is 1. The lowest BCUT2D eigenvalue weighted by molar-refractivity contribution is 1.10.